The number of nitrogens with zero attached hydrogens (tertiary/aromatic N) is 2. The third-order valence-electron chi connectivity index (χ3n) is 2.82. The molecular weight excluding hydrogens is 267 g/mol. The lowest BCUT2D eigenvalue weighted by molar-refractivity contribution is 0.104. The van der Waals surface area contributed by atoms with Gasteiger partial charge in [-0.2, -0.15) is 10.5 Å². The van der Waals surface area contributed by atoms with Crippen LogP contribution in [0.1, 0.15) is 21.5 Å². The second kappa shape index (κ2) is 6.27. The molecule has 0 aliphatic rings. The number of carbonyl (C=O) groups is 1. The summed E-state index contributed by atoms with van der Waals surface area (Å²) in [5.74, 6) is -0.914. The lowest BCUT2D eigenvalue weighted by Gasteiger charge is -2.00. The van der Waals surface area contributed by atoms with Crippen molar-refractivity contribution in [1.82, 2.24) is 0 Å². The van der Waals surface area contributed by atoms with Crippen LogP contribution in [0.25, 0.3) is 6.08 Å². The number of rotatable bonds is 3. The molecule has 0 aliphatic heterocycles. The van der Waals surface area contributed by atoms with Gasteiger partial charge in [0.2, 0.25) is 5.78 Å². The van der Waals surface area contributed by atoms with E-state index in [0.717, 1.165) is 0 Å². The zero-order chi connectivity index (χ0) is 15.2. The number of allylic oxidation sites excluding steroid dienone is 1. The molecular formula is C17H9FN2O. The van der Waals surface area contributed by atoms with Crippen molar-refractivity contribution >= 4 is 11.9 Å². The van der Waals surface area contributed by atoms with Gasteiger partial charge in [-0.3, -0.25) is 4.79 Å². The highest BCUT2D eigenvalue weighted by atomic mass is 19.1. The molecule has 0 atom stereocenters. The van der Waals surface area contributed by atoms with E-state index in [2.05, 4.69) is 0 Å². The summed E-state index contributed by atoms with van der Waals surface area (Å²) < 4.78 is 12.8. The van der Waals surface area contributed by atoms with E-state index in [1.54, 1.807) is 24.3 Å². The van der Waals surface area contributed by atoms with Crippen LogP contribution in [0.2, 0.25) is 0 Å². The van der Waals surface area contributed by atoms with Crippen molar-refractivity contribution in [2.45, 2.75) is 0 Å². The summed E-state index contributed by atoms with van der Waals surface area (Å²) in [5, 5.41) is 17.8. The fourth-order valence-electron chi connectivity index (χ4n) is 1.73. The molecule has 0 fully saturated rings. The van der Waals surface area contributed by atoms with E-state index in [0.29, 0.717) is 11.1 Å². The Balaban J connectivity index is 2.32. The molecule has 2 aromatic carbocycles. The molecule has 3 nitrogen and oxygen atoms in total. The predicted octanol–water partition coefficient (Wildman–Crippen LogP) is 3.49. The first-order valence-electron chi connectivity index (χ1n) is 6.06. The van der Waals surface area contributed by atoms with Crippen molar-refractivity contribution in [2.24, 2.45) is 0 Å². The van der Waals surface area contributed by atoms with Crippen LogP contribution in [0, 0.1) is 28.5 Å². The fourth-order valence-corrected chi connectivity index (χ4v) is 1.73. The molecule has 0 N–H and O–H groups in total. The molecule has 0 heterocycles. The van der Waals surface area contributed by atoms with E-state index >= 15 is 0 Å². The van der Waals surface area contributed by atoms with E-state index in [9.17, 15) is 9.18 Å². The van der Waals surface area contributed by atoms with Crippen LogP contribution in [0.5, 0.6) is 0 Å². The number of hydrogen-bond donors (Lipinski definition) is 0. The van der Waals surface area contributed by atoms with E-state index < -0.39 is 11.6 Å². The van der Waals surface area contributed by atoms with Crippen molar-refractivity contribution in [3.05, 3.63) is 76.6 Å². The summed E-state index contributed by atoms with van der Waals surface area (Å²) in [6, 6.07) is 15.3. The smallest absolute Gasteiger partial charge is 0.203 e. The SMILES string of the molecule is N#C/C(=C\c1ccc(C#N)cc1)C(=O)c1ccc(F)cc1. The quantitative estimate of drug-likeness (QED) is 0.489. The van der Waals surface area contributed by atoms with Crippen molar-refractivity contribution < 1.29 is 9.18 Å². The summed E-state index contributed by atoms with van der Waals surface area (Å²) in [5.41, 5.74) is 1.33. The summed E-state index contributed by atoms with van der Waals surface area (Å²) in [7, 11) is 0. The Morgan fingerprint density at radius 3 is 2.14 bits per heavy atom. The molecule has 0 saturated heterocycles. The average Bonchev–Trinajstić information content (AvgIpc) is 2.53. The first-order chi connectivity index (χ1) is 10.1. The molecule has 0 bridgehead atoms. The first-order valence-corrected chi connectivity index (χ1v) is 6.06. The van der Waals surface area contributed by atoms with Gasteiger partial charge >= 0.3 is 0 Å². The fraction of sp³-hybridized carbons (Fsp3) is 0. The van der Waals surface area contributed by atoms with Crippen LogP contribution in [0.3, 0.4) is 0 Å². The van der Waals surface area contributed by atoms with Crippen LogP contribution >= 0.6 is 0 Å². The van der Waals surface area contributed by atoms with Gasteiger partial charge in [-0.05, 0) is 48.0 Å². The largest absolute Gasteiger partial charge is 0.288 e. The number of Topliss-reactive ketones (excluding diaryl/α,β-unsaturated/α-hetero) is 1. The highest BCUT2D eigenvalue weighted by Crippen LogP contribution is 2.14. The second-order valence-corrected chi connectivity index (χ2v) is 4.24. The van der Waals surface area contributed by atoms with Crippen LogP contribution in [-0.4, -0.2) is 5.78 Å². The maximum Gasteiger partial charge on any atom is 0.203 e. The van der Waals surface area contributed by atoms with Gasteiger partial charge in [-0.1, -0.05) is 12.1 Å². The van der Waals surface area contributed by atoms with Gasteiger partial charge in [0.25, 0.3) is 0 Å². The number of benzene rings is 2. The maximum atomic E-state index is 12.8. The molecule has 100 valence electrons. The minimum Gasteiger partial charge on any atom is -0.288 e. The van der Waals surface area contributed by atoms with Crippen molar-refractivity contribution in [3.63, 3.8) is 0 Å². The molecule has 0 unspecified atom stereocenters. The monoisotopic (exact) mass is 276 g/mol. The van der Waals surface area contributed by atoms with E-state index in [-0.39, 0.29) is 11.1 Å². The Morgan fingerprint density at radius 2 is 1.62 bits per heavy atom. The first kappa shape index (κ1) is 14.2. The van der Waals surface area contributed by atoms with Crippen LogP contribution in [-0.2, 0) is 0 Å². The van der Waals surface area contributed by atoms with Gasteiger partial charge < -0.3 is 0 Å². The van der Waals surface area contributed by atoms with E-state index in [1.807, 2.05) is 12.1 Å². The maximum absolute atomic E-state index is 12.8. The highest BCUT2D eigenvalue weighted by Gasteiger charge is 2.12. The Bertz CT molecular complexity index is 776. The third kappa shape index (κ3) is 3.40. The van der Waals surface area contributed by atoms with Gasteiger partial charge in [0.05, 0.1) is 11.6 Å². The lowest BCUT2D eigenvalue weighted by atomic mass is 10.0. The Kier molecular flexibility index (Phi) is 4.23. The number of ketones is 1. The molecule has 2 rings (SSSR count). The average molecular weight is 276 g/mol. The van der Waals surface area contributed by atoms with Gasteiger partial charge in [0.1, 0.15) is 17.5 Å². The van der Waals surface area contributed by atoms with Crippen LogP contribution in [0.15, 0.2) is 54.1 Å². The van der Waals surface area contributed by atoms with Gasteiger partial charge in [0.15, 0.2) is 0 Å². The van der Waals surface area contributed by atoms with Crippen LogP contribution in [0.4, 0.5) is 4.39 Å². The zero-order valence-electron chi connectivity index (χ0n) is 10.9. The second-order valence-electron chi connectivity index (χ2n) is 4.24. The summed E-state index contributed by atoms with van der Waals surface area (Å²) in [6.07, 6.45) is 1.44. The molecule has 0 amide bonds. The molecule has 0 saturated carbocycles. The van der Waals surface area contributed by atoms with Crippen molar-refractivity contribution in [2.75, 3.05) is 0 Å². The van der Waals surface area contributed by atoms with Crippen molar-refractivity contribution in [1.29, 1.82) is 10.5 Å². The standard InChI is InChI=1S/C17H9FN2O/c18-16-7-5-14(6-8-16)17(21)15(11-20)9-12-1-3-13(10-19)4-2-12/h1-9H/b15-9+. The Labute approximate surface area is 121 Å². The molecule has 21 heavy (non-hydrogen) atoms. The van der Waals surface area contributed by atoms with Gasteiger partial charge in [-0.15, -0.1) is 0 Å². The van der Waals surface area contributed by atoms with E-state index in [4.69, 9.17) is 10.5 Å². The highest BCUT2D eigenvalue weighted by molar-refractivity contribution is 6.14. The molecule has 0 aromatic heterocycles. The number of halogens is 1. The predicted molar refractivity (Wildman–Crippen MR) is 75.5 cm³/mol. The number of nitriles is 2. The third-order valence-corrected chi connectivity index (χ3v) is 2.82. The Hall–Kier alpha value is -3.24. The summed E-state index contributed by atoms with van der Waals surface area (Å²) >= 11 is 0. The molecule has 0 radical (unpaired) electrons. The van der Waals surface area contributed by atoms with E-state index in [1.165, 1.54) is 30.3 Å². The number of carbonyl (C=O) groups excluding carboxylic acids is 1. The minimum atomic E-state index is -0.471. The Morgan fingerprint density at radius 1 is 1.00 bits per heavy atom. The van der Waals surface area contributed by atoms with Crippen molar-refractivity contribution in [3.8, 4) is 12.1 Å². The molecule has 4 heteroatoms. The molecule has 2 aromatic rings. The normalized spacial score (nSPS) is 10.5. The number of hydrogen-bond acceptors (Lipinski definition) is 3. The summed E-state index contributed by atoms with van der Waals surface area (Å²) in [4.78, 5) is 12.1. The summed E-state index contributed by atoms with van der Waals surface area (Å²) in [6.45, 7) is 0. The zero-order valence-corrected chi connectivity index (χ0v) is 10.9. The van der Waals surface area contributed by atoms with Gasteiger partial charge in [0, 0.05) is 5.56 Å². The van der Waals surface area contributed by atoms with Crippen LogP contribution < -0.4 is 0 Å². The minimum absolute atomic E-state index is 0.0497. The lowest BCUT2D eigenvalue weighted by Crippen LogP contribution is -2.01. The van der Waals surface area contributed by atoms with Gasteiger partial charge in [-0.25, -0.2) is 4.39 Å². The molecule has 0 aliphatic carbocycles. The molecule has 0 spiro atoms. The topological polar surface area (TPSA) is 64.7 Å².